The molecule has 2 N–H and O–H groups in total. The van der Waals surface area contributed by atoms with Crippen LogP contribution in [-0.4, -0.2) is 16.1 Å². The second-order valence-electron chi connectivity index (χ2n) is 3.82. The van der Waals surface area contributed by atoms with Gasteiger partial charge in [0.2, 0.25) is 0 Å². The van der Waals surface area contributed by atoms with E-state index in [1.807, 2.05) is 0 Å². The van der Waals surface area contributed by atoms with E-state index >= 15 is 0 Å². The SMILES string of the molecule is O=C(O)c1ccc(CNc2cc(Cl)ccc2F)nc1. The van der Waals surface area contributed by atoms with Crippen molar-refractivity contribution in [3.05, 3.63) is 58.6 Å². The van der Waals surface area contributed by atoms with Crippen LogP contribution in [-0.2, 0) is 6.54 Å². The van der Waals surface area contributed by atoms with Crippen molar-refractivity contribution >= 4 is 23.3 Å². The summed E-state index contributed by atoms with van der Waals surface area (Å²) in [5.74, 6) is -1.44. The number of carboxylic acid groups (broad SMARTS) is 1. The molecule has 0 radical (unpaired) electrons. The van der Waals surface area contributed by atoms with E-state index < -0.39 is 11.8 Å². The molecule has 1 aromatic heterocycles. The van der Waals surface area contributed by atoms with Gasteiger partial charge < -0.3 is 10.4 Å². The molecule has 6 heteroatoms. The summed E-state index contributed by atoms with van der Waals surface area (Å²) in [6.45, 7) is 0.275. The van der Waals surface area contributed by atoms with E-state index in [-0.39, 0.29) is 17.8 Å². The van der Waals surface area contributed by atoms with Crippen molar-refractivity contribution in [1.29, 1.82) is 0 Å². The maximum absolute atomic E-state index is 13.4. The molecule has 98 valence electrons. The Balaban J connectivity index is 2.06. The van der Waals surface area contributed by atoms with Gasteiger partial charge in [0.05, 0.1) is 23.5 Å². The Kier molecular flexibility index (Phi) is 3.97. The smallest absolute Gasteiger partial charge is 0.337 e. The highest BCUT2D eigenvalue weighted by atomic mass is 35.5. The highest BCUT2D eigenvalue weighted by Gasteiger charge is 2.05. The van der Waals surface area contributed by atoms with Gasteiger partial charge in [-0.25, -0.2) is 9.18 Å². The molecule has 0 aliphatic carbocycles. The number of rotatable bonds is 4. The van der Waals surface area contributed by atoms with E-state index in [4.69, 9.17) is 16.7 Å². The second-order valence-corrected chi connectivity index (χ2v) is 4.26. The lowest BCUT2D eigenvalue weighted by Gasteiger charge is -2.07. The fraction of sp³-hybridized carbons (Fsp3) is 0.0769. The first-order valence-corrected chi connectivity index (χ1v) is 5.81. The van der Waals surface area contributed by atoms with Crippen LogP contribution in [0.3, 0.4) is 0 Å². The van der Waals surface area contributed by atoms with Gasteiger partial charge in [0.1, 0.15) is 5.82 Å². The van der Waals surface area contributed by atoms with Crippen molar-refractivity contribution in [3.8, 4) is 0 Å². The number of nitrogens with one attached hydrogen (secondary N) is 1. The van der Waals surface area contributed by atoms with Crippen LogP contribution in [0.15, 0.2) is 36.5 Å². The van der Waals surface area contributed by atoms with E-state index in [0.29, 0.717) is 10.7 Å². The van der Waals surface area contributed by atoms with Gasteiger partial charge in [-0.3, -0.25) is 4.98 Å². The summed E-state index contributed by atoms with van der Waals surface area (Å²) in [6, 6.07) is 7.22. The third-order valence-corrected chi connectivity index (χ3v) is 2.70. The summed E-state index contributed by atoms with van der Waals surface area (Å²) in [4.78, 5) is 14.6. The van der Waals surface area contributed by atoms with E-state index in [1.165, 1.54) is 30.5 Å². The Bertz CT molecular complexity index is 602. The van der Waals surface area contributed by atoms with Gasteiger partial charge >= 0.3 is 5.97 Å². The molecule has 0 saturated carbocycles. The van der Waals surface area contributed by atoms with Crippen LogP contribution >= 0.6 is 11.6 Å². The Labute approximate surface area is 113 Å². The van der Waals surface area contributed by atoms with Gasteiger partial charge in [0.25, 0.3) is 0 Å². The van der Waals surface area contributed by atoms with Crippen LogP contribution in [0.5, 0.6) is 0 Å². The predicted molar refractivity (Wildman–Crippen MR) is 69.9 cm³/mol. The molecule has 0 unspecified atom stereocenters. The number of benzene rings is 1. The molecule has 0 atom stereocenters. The molecule has 0 bridgehead atoms. The lowest BCUT2D eigenvalue weighted by Crippen LogP contribution is -2.04. The number of nitrogens with zero attached hydrogens (tertiary/aromatic N) is 1. The van der Waals surface area contributed by atoms with Gasteiger partial charge in [-0.2, -0.15) is 0 Å². The largest absolute Gasteiger partial charge is 0.478 e. The lowest BCUT2D eigenvalue weighted by molar-refractivity contribution is 0.0696. The van der Waals surface area contributed by atoms with Gasteiger partial charge in [-0.15, -0.1) is 0 Å². The molecule has 4 nitrogen and oxygen atoms in total. The van der Waals surface area contributed by atoms with Crippen LogP contribution in [0.25, 0.3) is 0 Å². The number of aromatic carboxylic acids is 1. The molecule has 0 aliphatic rings. The molecule has 0 amide bonds. The van der Waals surface area contributed by atoms with Crippen LogP contribution in [0.2, 0.25) is 5.02 Å². The molecular weight excluding hydrogens is 271 g/mol. The first-order chi connectivity index (χ1) is 9.06. The first-order valence-electron chi connectivity index (χ1n) is 5.43. The van der Waals surface area contributed by atoms with Crippen LogP contribution in [0.4, 0.5) is 10.1 Å². The Morgan fingerprint density at radius 2 is 2.16 bits per heavy atom. The standard InChI is InChI=1S/C13H10ClFN2O2/c14-9-2-4-11(15)12(5-9)17-7-10-3-1-8(6-16-10)13(18)19/h1-6,17H,7H2,(H,18,19). The van der Waals surface area contributed by atoms with Crippen LogP contribution in [0.1, 0.15) is 16.1 Å². The zero-order valence-corrected chi connectivity index (χ0v) is 10.5. The Morgan fingerprint density at radius 3 is 2.79 bits per heavy atom. The minimum absolute atomic E-state index is 0.109. The molecule has 0 saturated heterocycles. The van der Waals surface area contributed by atoms with Gasteiger partial charge in [0, 0.05) is 11.2 Å². The summed E-state index contributed by atoms with van der Waals surface area (Å²) in [6.07, 6.45) is 1.26. The minimum atomic E-state index is -1.03. The molecule has 1 aromatic carbocycles. The summed E-state index contributed by atoms with van der Waals surface area (Å²) in [5, 5.41) is 12.0. The Morgan fingerprint density at radius 1 is 1.37 bits per heavy atom. The zero-order valence-electron chi connectivity index (χ0n) is 9.73. The van der Waals surface area contributed by atoms with Crippen LogP contribution in [0, 0.1) is 5.82 Å². The highest BCUT2D eigenvalue weighted by molar-refractivity contribution is 6.30. The maximum atomic E-state index is 13.4. The number of aromatic nitrogens is 1. The van der Waals surface area contributed by atoms with E-state index in [1.54, 1.807) is 6.07 Å². The number of hydrogen-bond acceptors (Lipinski definition) is 3. The van der Waals surface area contributed by atoms with E-state index in [2.05, 4.69) is 10.3 Å². The predicted octanol–water partition coefficient (Wildman–Crippen LogP) is 3.18. The summed E-state index contributed by atoms with van der Waals surface area (Å²) in [5.41, 5.74) is 0.985. The summed E-state index contributed by atoms with van der Waals surface area (Å²) >= 11 is 5.77. The minimum Gasteiger partial charge on any atom is -0.478 e. The molecule has 2 rings (SSSR count). The topological polar surface area (TPSA) is 62.2 Å². The average Bonchev–Trinajstić information content (AvgIpc) is 2.40. The van der Waals surface area contributed by atoms with Gasteiger partial charge in [-0.1, -0.05) is 11.6 Å². The zero-order chi connectivity index (χ0) is 13.8. The molecular formula is C13H10ClFN2O2. The number of carbonyl (C=O) groups is 1. The number of pyridine rings is 1. The fourth-order valence-electron chi connectivity index (χ4n) is 1.47. The van der Waals surface area contributed by atoms with Crippen molar-refractivity contribution in [1.82, 2.24) is 4.98 Å². The maximum Gasteiger partial charge on any atom is 0.337 e. The van der Waals surface area contributed by atoms with E-state index in [9.17, 15) is 9.18 Å². The molecule has 2 aromatic rings. The lowest BCUT2D eigenvalue weighted by atomic mass is 10.2. The second kappa shape index (κ2) is 5.67. The fourth-order valence-corrected chi connectivity index (χ4v) is 1.65. The van der Waals surface area contributed by atoms with Gasteiger partial charge in [-0.05, 0) is 30.3 Å². The van der Waals surface area contributed by atoms with Crippen molar-refractivity contribution in [3.63, 3.8) is 0 Å². The molecule has 19 heavy (non-hydrogen) atoms. The van der Waals surface area contributed by atoms with Crippen LogP contribution < -0.4 is 5.32 Å². The first kappa shape index (κ1) is 13.3. The third kappa shape index (κ3) is 3.42. The molecule has 0 fully saturated rings. The quantitative estimate of drug-likeness (QED) is 0.903. The van der Waals surface area contributed by atoms with Crippen molar-refractivity contribution < 1.29 is 14.3 Å². The number of halogens is 2. The van der Waals surface area contributed by atoms with E-state index in [0.717, 1.165) is 0 Å². The highest BCUT2D eigenvalue weighted by Crippen LogP contribution is 2.19. The van der Waals surface area contributed by atoms with Gasteiger partial charge in [0.15, 0.2) is 0 Å². The molecule has 0 aliphatic heterocycles. The average molecular weight is 281 g/mol. The van der Waals surface area contributed by atoms with Crippen molar-refractivity contribution in [2.24, 2.45) is 0 Å². The Hall–Kier alpha value is -2.14. The number of carboxylic acids is 1. The normalized spacial score (nSPS) is 10.2. The summed E-state index contributed by atoms with van der Waals surface area (Å²) in [7, 11) is 0. The molecule has 0 spiro atoms. The van der Waals surface area contributed by atoms with Crippen molar-refractivity contribution in [2.75, 3.05) is 5.32 Å². The third-order valence-electron chi connectivity index (χ3n) is 2.46. The molecule has 1 heterocycles. The number of anilines is 1. The number of hydrogen-bond donors (Lipinski definition) is 2. The van der Waals surface area contributed by atoms with Crippen molar-refractivity contribution in [2.45, 2.75) is 6.54 Å². The summed E-state index contributed by atoms with van der Waals surface area (Å²) < 4.78 is 13.4. The monoisotopic (exact) mass is 280 g/mol.